The molecule has 0 radical (unpaired) electrons. The normalized spacial score (nSPS) is 16.7. The van der Waals surface area contributed by atoms with Gasteiger partial charge in [0.1, 0.15) is 0 Å². The minimum Gasteiger partial charge on any atom is -0.0619 e. The first kappa shape index (κ1) is 29.3. The van der Waals surface area contributed by atoms with E-state index in [9.17, 15) is 0 Å². The van der Waals surface area contributed by atoms with Gasteiger partial charge in [-0.3, -0.25) is 0 Å². The van der Waals surface area contributed by atoms with Crippen LogP contribution in [0.4, 0.5) is 0 Å². The summed E-state index contributed by atoms with van der Waals surface area (Å²) in [6, 6.07) is 61.2. The van der Waals surface area contributed by atoms with Crippen LogP contribution >= 0.6 is 0 Å². The van der Waals surface area contributed by atoms with Gasteiger partial charge in [0.25, 0.3) is 0 Å². The Morgan fingerprint density at radius 3 is 0.941 bits per heavy atom. The molecule has 2 spiro atoms. The molecule has 51 heavy (non-hydrogen) atoms. The van der Waals surface area contributed by atoms with Crippen LogP contribution in [0.2, 0.25) is 0 Å². The third-order valence-corrected chi connectivity index (χ3v) is 13.5. The van der Waals surface area contributed by atoms with E-state index in [4.69, 9.17) is 0 Å². The first-order valence-electron chi connectivity index (χ1n) is 18.8. The van der Waals surface area contributed by atoms with Gasteiger partial charge < -0.3 is 0 Å². The molecule has 244 valence electrons. The molecule has 0 fully saturated rings. The molecule has 0 heteroatoms. The molecule has 0 heterocycles. The molecule has 0 N–H and O–H groups in total. The summed E-state index contributed by atoms with van der Waals surface area (Å²) in [4.78, 5) is 0. The minimum absolute atomic E-state index is 0.116. The maximum absolute atomic E-state index is 2.73. The molecule has 0 aliphatic heterocycles. The van der Waals surface area contributed by atoms with E-state index in [1.54, 1.807) is 0 Å². The molecule has 0 saturated heterocycles. The van der Waals surface area contributed by atoms with E-state index in [0.717, 1.165) is 0 Å². The lowest BCUT2D eigenvalue weighted by Gasteiger charge is -2.50. The zero-order valence-electron chi connectivity index (χ0n) is 29.7. The molecule has 4 aliphatic rings. The van der Waals surface area contributed by atoms with E-state index in [2.05, 4.69) is 185 Å². The highest BCUT2D eigenvalue weighted by Gasteiger charge is 2.60. The molecule has 0 atom stereocenters. The van der Waals surface area contributed by atoms with Crippen LogP contribution in [0.25, 0.3) is 33.4 Å². The molecule has 0 nitrogen and oxygen atoms in total. The summed E-state index contributed by atoms with van der Waals surface area (Å²) in [7, 11) is 0. The molecular formula is C51H40. The summed E-state index contributed by atoms with van der Waals surface area (Å²) in [5.74, 6) is 0.824. The Morgan fingerprint density at radius 2 is 0.569 bits per heavy atom. The van der Waals surface area contributed by atoms with Gasteiger partial charge in [-0.1, -0.05) is 179 Å². The van der Waals surface area contributed by atoms with Crippen LogP contribution < -0.4 is 0 Å². The van der Waals surface area contributed by atoms with Gasteiger partial charge in [-0.2, -0.15) is 0 Å². The van der Waals surface area contributed by atoms with Crippen molar-refractivity contribution >= 4 is 0 Å². The smallest absolute Gasteiger partial charge is 0.0619 e. The van der Waals surface area contributed by atoms with Gasteiger partial charge in [0.05, 0.1) is 10.8 Å². The van der Waals surface area contributed by atoms with Gasteiger partial charge in [-0.05, 0) is 107 Å². The Balaban J connectivity index is 1.41. The van der Waals surface area contributed by atoms with Crippen LogP contribution in [0.5, 0.6) is 0 Å². The minimum atomic E-state index is -0.472. The maximum Gasteiger partial charge on any atom is 0.0720 e. The second kappa shape index (κ2) is 9.86. The monoisotopic (exact) mass is 652 g/mol. The average molecular weight is 653 g/mol. The van der Waals surface area contributed by atoms with Crippen molar-refractivity contribution in [1.82, 2.24) is 0 Å². The maximum atomic E-state index is 2.73. The molecule has 7 aromatic carbocycles. The first-order valence-corrected chi connectivity index (χ1v) is 18.8. The zero-order chi connectivity index (χ0) is 34.3. The highest BCUT2D eigenvalue weighted by atomic mass is 14.6. The van der Waals surface area contributed by atoms with Gasteiger partial charge in [0.15, 0.2) is 0 Å². The predicted molar refractivity (Wildman–Crippen MR) is 210 cm³/mol. The predicted octanol–water partition coefficient (Wildman–Crippen LogP) is 12.3. The Kier molecular flexibility index (Phi) is 5.66. The van der Waals surface area contributed by atoms with Crippen molar-refractivity contribution < 1.29 is 0 Å². The zero-order valence-corrected chi connectivity index (χ0v) is 29.7. The quantitative estimate of drug-likeness (QED) is 0.174. The first-order chi connectivity index (χ1) is 25.0. The molecule has 0 aromatic heterocycles. The van der Waals surface area contributed by atoms with Crippen LogP contribution in [0.15, 0.2) is 158 Å². The van der Waals surface area contributed by atoms with Crippen LogP contribution in [-0.2, 0) is 16.2 Å². The van der Waals surface area contributed by atoms with Crippen molar-refractivity contribution in [3.8, 4) is 33.4 Å². The van der Waals surface area contributed by atoms with Crippen LogP contribution in [0.3, 0.4) is 0 Å². The summed E-state index contributed by atoms with van der Waals surface area (Å²) in [6.07, 6.45) is 0. The Labute approximate surface area is 301 Å². The third kappa shape index (κ3) is 3.13. The number of hydrogen-bond donors (Lipinski definition) is 0. The third-order valence-electron chi connectivity index (χ3n) is 13.5. The second-order valence-electron chi connectivity index (χ2n) is 15.9. The van der Waals surface area contributed by atoms with E-state index in [1.165, 1.54) is 89.0 Å². The Hall–Kier alpha value is -5.46. The average Bonchev–Trinajstić information content (AvgIpc) is 3.75. The van der Waals surface area contributed by atoms with Gasteiger partial charge >= 0.3 is 0 Å². The molecule has 0 bridgehead atoms. The second-order valence-corrected chi connectivity index (χ2v) is 15.9. The van der Waals surface area contributed by atoms with Gasteiger partial charge in [-0.25, -0.2) is 0 Å². The molecular weight excluding hydrogens is 613 g/mol. The molecule has 4 aliphatic carbocycles. The van der Waals surface area contributed by atoms with Crippen LogP contribution in [0.1, 0.15) is 83.3 Å². The number of benzene rings is 7. The SMILES string of the molecule is CC(C)C1(C(C)C)c2ccccc2-c2cc3c(cc21)C1(c2ccccc2-c2ccccc21)c1ccccc1C31c2ccccc2-c2ccccc21. The van der Waals surface area contributed by atoms with Crippen molar-refractivity contribution in [1.29, 1.82) is 0 Å². The summed E-state index contributed by atoms with van der Waals surface area (Å²) in [6.45, 7) is 9.78. The molecule has 0 saturated carbocycles. The van der Waals surface area contributed by atoms with Crippen LogP contribution in [-0.4, -0.2) is 0 Å². The summed E-state index contributed by atoms with van der Waals surface area (Å²) >= 11 is 0. The van der Waals surface area contributed by atoms with Gasteiger partial charge in [0, 0.05) is 5.41 Å². The highest BCUT2D eigenvalue weighted by Crippen LogP contribution is 2.69. The fourth-order valence-electron chi connectivity index (χ4n) is 12.0. The van der Waals surface area contributed by atoms with Gasteiger partial charge in [-0.15, -0.1) is 0 Å². The Bertz CT molecular complexity index is 2510. The van der Waals surface area contributed by atoms with Crippen molar-refractivity contribution in [2.75, 3.05) is 0 Å². The largest absolute Gasteiger partial charge is 0.0720 e. The molecule has 11 rings (SSSR count). The molecule has 0 amide bonds. The number of rotatable bonds is 2. The van der Waals surface area contributed by atoms with Crippen molar-refractivity contribution in [3.05, 3.63) is 213 Å². The van der Waals surface area contributed by atoms with E-state index < -0.39 is 10.8 Å². The summed E-state index contributed by atoms with van der Waals surface area (Å²) in [5.41, 5.74) is 21.3. The number of fused-ring (bicyclic) bond motifs is 19. The number of hydrogen-bond acceptors (Lipinski definition) is 0. The van der Waals surface area contributed by atoms with Crippen molar-refractivity contribution in [2.24, 2.45) is 11.8 Å². The lowest BCUT2D eigenvalue weighted by Crippen LogP contribution is -2.44. The standard InChI is InChI=1S/C51H40/c1-31(2)49(32(3)4)39-22-10-9-21-37(39)38-29-47-48(30-46(38)49)51(42-25-13-7-19-35(42)36-20-8-14-26-43(36)51)45-28-16-15-27-44(45)50(47)40-23-11-5-17-33(40)34-18-6-12-24-41(34)50/h5-32H,1-4H3. The topological polar surface area (TPSA) is 0 Å². The lowest BCUT2D eigenvalue weighted by atomic mass is 9.51. The Morgan fingerprint density at radius 1 is 0.275 bits per heavy atom. The molecule has 0 unspecified atom stereocenters. The van der Waals surface area contributed by atoms with E-state index in [0.29, 0.717) is 11.8 Å². The van der Waals surface area contributed by atoms with Crippen LogP contribution in [0, 0.1) is 11.8 Å². The fraction of sp³-hybridized carbons (Fsp3) is 0.176. The van der Waals surface area contributed by atoms with E-state index in [-0.39, 0.29) is 5.41 Å². The van der Waals surface area contributed by atoms with Gasteiger partial charge in [0.2, 0.25) is 0 Å². The van der Waals surface area contributed by atoms with E-state index >= 15 is 0 Å². The highest BCUT2D eigenvalue weighted by molar-refractivity contribution is 5.95. The van der Waals surface area contributed by atoms with Crippen molar-refractivity contribution in [3.63, 3.8) is 0 Å². The molecule has 7 aromatic rings. The lowest BCUT2D eigenvalue weighted by molar-refractivity contribution is 0.280. The van der Waals surface area contributed by atoms with Crippen molar-refractivity contribution in [2.45, 2.75) is 43.9 Å². The van der Waals surface area contributed by atoms with E-state index in [1.807, 2.05) is 0 Å². The summed E-state index contributed by atoms with van der Waals surface area (Å²) in [5, 5.41) is 0. The summed E-state index contributed by atoms with van der Waals surface area (Å²) < 4.78 is 0. The fourth-order valence-corrected chi connectivity index (χ4v) is 12.0.